The molecule has 1 aliphatic rings. The molecule has 1 aromatic heterocycles. The van der Waals surface area contributed by atoms with Gasteiger partial charge in [-0.3, -0.25) is 4.79 Å². The van der Waals surface area contributed by atoms with Gasteiger partial charge in [-0.1, -0.05) is 0 Å². The van der Waals surface area contributed by atoms with Crippen molar-refractivity contribution in [3.63, 3.8) is 0 Å². The van der Waals surface area contributed by atoms with Crippen molar-refractivity contribution in [2.24, 2.45) is 5.73 Å². The average Bonchev–Trinajstić information content (AvgIpc) is 2.29. The highest BCUT2D eigenvalue weighted by Crippen LogP contribution is 2.20. The van der Waals surface area contributed by atoms with Crippen LogP contribution in [0.25, 0.3) is 0 Å². The van der Waals surface area contributed by atoms with Crippen LogP contribution in [-0.2, 0) is 4.74 Å². The summed E-state index contributed by atoms with van der Waals surface area (Å²) in [5, 5.41) is 0. The maximum atomic E-state index is 10.9. The first kappa shape index (κ1) is 8.25. The number of primary amides is 1. The molecule has 0 unspecified atom stereocenters. The largest absolute Gasteiger partial charge is 0.377 e. The highest BCUT2D eigenvalue weighted by Gasteiger charge is 2.23. The molecule has 1 aliphatic heterocycles. The Balaban J connectivity index is 2.32. The number of amides is 1. The number of imidazole rings is 1. The zero-order valence-corrected chi connectivity index (χ0v) is 7.36. The second kappa shape index (κ2) is 2.85. The van der Waals surface area contributed by atoms with Crippen LogP contribution in [0.2, 0.25) is 0 Å². The van der Waals surface area contributed by atoms with Gasteiger partial charge >= 0.3 is 0 Å². The Morgan fingerprint density at radius 1 is 1.77 bits per heavy atom. The van der Waals surface area contributed by atoms with Gasteiger partial charge in [-0.05, 0) is 6.92 Å². The van der Waals surface area contributed by atoms with E-state index in [0.29, 0.717) is 24.9 Å². The first-order valence-electron chi connectivity index (χ1n) is 4.11. The van der Waals surface area contributed by atoms with Crippen molar-refractivity contribution in [2.75, 3.05) is 13.2 Å². The molecule has 0 aliphatic carbocycles. The third kappa shape index (κ3) is 1.21. The van der Waals surface area contributed by atoms with Crippen molar-refractivity contribution < 1.29 is 9.53 Å². The molecule has 1 fully saturated rings. The topological polar surface area (TPSA) is 70.1 Å². The Morgan fingerprint density at radius 3 is 2.85 bits per heavy atom. The van der Waals surface area contributed by atoms with Gasteiger partial charge in [0.05, 0.1) is 25.6 Å². The quantitative estimate of drug-likeness (QED) is 0.690. The molecular formula is C8H11N3O2. The van der Waals surface area contributed by atoms with Gasteiger partial charge in [0.2, 0.25) is 0 Å². The molecule has 2 heterocycles. The normalized spacial score (nSPS) is 17.0. The molecule has 13 heavy (non-hydrogen) atoms. The first-order valence-corrected chi connectivity index (χ1v) is 4.11. The van der Waals surface area contributed by atoms with E-state index in [1.54, 1.807) is 6.33 Å². The van der Waals surface area contributed by atoms with Gasteiger partial charge in [0.25, 0.3) is 5.91 Å². The second-order valence-electron chi connectivity index (χ2n) is 3.14. The highest BCUT2D eigenvalue weighted by molar-refractivity contribution is 5.91. The number of nitrogens with two attached hydrogens (primary N) is 1. The summed E-state index contributed by atoms with van der Waals surface area (Å²) in [4.78, 5) is 14.8. The number of ether oxygens (including phenoxy) is 1. The summed E-state index contributed by atoms with van der Waals surface area (Å²) < 4.78 is 6.98. The number of hydrogen-bond acceptors (Lipinski definition) is 3. The summed E-state index contributed by atoms with van der Waals surface area (Å²) in [6, 6.07) is 0.320. The van der Waals surface area contributed by atoms with E-state index in [9.17, 15) is 4.79 Å². The van der Waals surface area contributed by atoms with Gasteiger partial charge in [0, 0.05) is 5.69 Å². The van der Waals surface area contributed by atoms with Gasteiger partial charge in [-0.2, -0.15) is 0 Å². The summed E-state index contributed by atoms with van der Waals surface area (Å²) in [6.07, 6.45) is 1.64. The van der Waals surface area contributed by atoms with Crippen LogP contribution in [0.5, 0.6) is 0 Å². The lowest BCUT2D eigenvalue weighted by atomic mass is 10.2. The van der Waals surface area contributed by atoms with E-state index in [2.05, 4.69) is 4.98 Å². The Kier molecular flexibility index (Phi) is 1.81. The zero-order valence-electron chi connectivity index (χ0n) is 7.36. The molecule has 0 atom stereocenters. The van der Waals surface area contributed by atoms with Crippen LogP contribution in [0.3, 0.4) is 0 Å². The average molecular weight is 181 g/mol. The molecule has 1 aromatic rings. The number of hydrogen-bond donors (Lipinski definition) is 1. The smallest absolute Gasteiger partial charge is 0.269 e. The van der Waals surface area contributed by atoms with Crippen molar-refractivity contribution in [2.45, 2.75) is 13.0 Å². The molecule has 0 spiro atoms. The molecule has 70 valence electrons. The lowest BCUT2D eigenvalue weighted by molar-refractivity contribution is -0.0241. The van der Waals surface area contributed by atoms with Gasteiger partial charge in [0.1, 0.15) is 5.69 Å². The fourth-order valence-electron chi connectivity index (χ4n) is 1.42. The van der Waals surface area contributed by atoms with E-state index in [4.69, 9.17) is 10.5 Å². The SMILES string of the molecule is Cc1c(C(N)=O)ncn1C1COC1. The zero-order chi connectivity index (χ0) is 9.42. The van der Waals surface area contributed by atoms with Gasteiger partial charge in [-0.15, -0.1) is 0 Å². The first-order chi connectivity index (χ1) is 6.20. The number of carbonyl (C=O) groups excluding carboxylic acids is 1. The van der Waals surface area contributed by atoms with Crippen LogP contribution in [0.4, 0.5) is 0 Å². The summed E-state index contributed by atoms with van der Waals surface area (Å²) in [5.74, 6) is -0.475. The predicted molar refractivity (Wildman–Crippen MR) is 45.3 cm³/mol. The minimum Gasteiger partial charge on any atom is -0.377 e. The predicted octanol–water partition coefficient (Wildman–Crippen LogP) is -0.138. The van der Waals surface area contributed by atoms with Gasteiger partial charge in [0.15, 0.2) is 0 Å². The van der Waals surface area contributed by atoms with E-state index in [1.165, 1.54) is 0 Å². The van der Waals surface area contributed by atoms with Crippen LogP contribution in [0, 0.1) is 6.92 Å². The minimum absolute atomic E-state index is 0.320. The van der Waals surface area contributed by atoms with Crippen LogP contribution in [-0.4, -0.2) is 28.7 Å². The Labute approximate surface area is 75.5 Å². The van der Waals surface area contributed by atoms with E-state index in [0.717, 1.165) is 5.69 Å². The maximum Gasteiger partial charge on any atom is 0.269 e. The molecular weight excluding hydrogens is 170 g/mol. The van der Waals surface area contributed by atoms with Crippen molar-refractivity contribution in [3.05, 3.63) is 17.7 Å². The van der Waals surface area contributed by atoms with E-state index in [-0.39, 0.29) is 0 Å². The van der Waals surface area contributed by atoms with Crippen LogP contribution >= 0.6 is 0 Å². The molecule has 2 rings (SSSR count). The Hall–Kier alpha value is -1.36. The van der Waals surface area contributed by atoms with Crippen LogP contribution in [0.15, 0.2) is 6.33 Å². The van der Waals surface area contributed by atoms with E-state index >= 15 is 0 Å². The van der Waals surface area contributed by atoms with Gasteiger partial charge < -0.3 is 15.0 Å². The lowest BCUT2D eigenvalue weighted by Crippen LogP contribution is -2.31. The molecule has 5 heteroatoms. The number of nitrogens with zero attached hydrogens (tertiary/aromatic N) is 2. The number of aromatic nitrogens is 2. The number of carbonyl (C=O) groups is 1. The molecule has 0 bridgehead atoms. The maximum absolute atomic E-state index is 10.9. The van der Waals surface area contributed by atoms with E-state index in [1.807, 2.05) is 11.5 Å². The van der Waals surface area contributed by atoms with Crippen molar-refractivity contribution in [3.8, 4) is 0 Å². The third-order valence-corrected chi connectivity index (χ3v) is 2.29. The summed E-state index contributed by atoms with van der Waals surface area (Å²) in [7, 11) is 0. The van der Waals surface area contributed by atoms with E-state index < -0.39 is 5.91 Å². The monoisotopic (exact) mass is 181 g/mol. The number of rotatable bonds is 2. The van der Waals surface area contributed by atoms with Crippen LogP contribution in [0.1, 0.15) is 22.2 Å². The minimum atomic E-state index is -0.475. The Morgan fingerprint density at radius 2 is 2.46 bits per heavy atom. The molecule has 1 saturated heterocycles. The lowest BCUT2D eigenvalue weighted by Gasteiger charge is -2.28. The third-order valence-electron chi connectivity index (χ3n) is 2.29. The summed E-state index contributed by atoms with van der Waals surface area (Å²) >= 11 is 0. The molecule has 0 radical (unpaired) electrons. The molecule has 2 N–H and O–H groups in total. The standard InChI is InChI=1S/C8H11N3O2/c1-5-7(8(9)12)10-4-11(5)6-2-13-3-6/h4,6H,2-3H2,1H3,(H2,9,12). The Bertz CT molecular complexity index is 341. The summed E-state index contributed by atoms with van der Waals surface area (Å²) in [5.41, 5.74) is 6.32. The molecule has 5 nitrogen and oxygen atoms in total. The summed E-state index contributed by atoms with van der Waals surface area (Å²) in [6.45, 7) is 3.22. The van der Waals surface area contributed by atoms with Crippen LogP contribution < -0.4 is 5.73 Å². The fraction of sp³-hybridized carbons (Fsp3) is 0.500. The fourth-order valence-corrected chi connectivity index (χ4v) is 1.42. The van der Waals surface area contributed by atoms with Gasteiger partial charge in [-0.25, -0.2) is 4.98 Å². The van der Waals surface area contributed by atoms with Crippen molar-refractivity contribution >= 4 is 5.91 Å². The molecule has 0 saturated carbocycles. The highest BCUT2D eigenvalue weighted by atomic mass is 16.5. The van der Waals surface area contributed by atoms with Crippen molar-refractivity contribution in [1.29, 1.82) is 0 Å². The molecule has 0 aromatic carbocycles. The second-order valence-corrected chi connectivity index (χ2v) is 3.14. The van der Waals surface area contributed by atoms with Crippen molar-refractivity contribution in [1.82, 2.24) is 9.55 Å². The molecule has 1 amide bonds.